The summed E-state index contributed by atoms with van der Waals surface area (Å²) in [7, 11) is 1.55. The van der Waals surface area contributed by atoms with E-state index in [0.29, 0.717) is 0 Å². The van der Waals surface area contributed by atoms with Gasteiger partial charge in [-0.25, -0.2) is 4.79 Å². The molecule has 1 N–H and O–H groups in total. The number of rotatable bonds is 4. The monoisotopic (exact) mass is 246 g/mol. The van der Waals surface area contributed by atoms with Gasteiger partial charge in [-0.05, 0) is 13.0 Å². The van der Waals surface area contributed by atoms with Crippen LogP contribution in [0.4, 0.5) is 14.5 Å². The lowest BCUT2D eigenvalue weighted by molar-refractivity contribution is -0.126. The summed E-state index contributed by atoms with van der Waals surface area (Å²) in [5.74, 6) is -2.13. The molecule has 0 atom stereocenters. The normalized spacial score (nSPS) is 10.4. The van der Waals surface area contributed by atoms with Crippen LogP contribution in [0.15, 0.2) is 12.3 Å². The van der Waals surface area contributed by atoms with Crippen LogP contribution in [0.5, 0.6) is 0 Å². The van der Waals surface area contributed by atoms with Crippen LogP contribution in [0.25, 0.3) is 0 Å². The van der Waals surface area contributed by atoms with Crippen LogP contribution in [0.2, 0.25) is 0 Å². The summed E-state index contributed by atoms with van der Waals surface area (Å²) in [6, 6.07) is 1.35. The number of aromatic nitrogens is 1. The van der Waals surface area contributed by atoms with Crippen LogP contribution in [0.1, 0.15) is 17.4 Å². The Morgan fingerprint density at radius 2 is 2.18 bits per heavy atom. The number of carbonyl (C=O) groups excluding carboxylic acids is 2. The lowest BCUT2D eigenvalue weighted by atomic mass is 10.3. The molecule has 94 valence electrons. The summed E-state index contributed by atoms with van der Waals surface area (Å²) in [4.78, 5) is 22.3. The first kappa shape index (κ1) is 13.1. The van der Waals surface area contributed by atoms with Gasteiger partial charge in [0.15, 0.2) is 5.69 Å². The fourth-order valence-electron chi connectivity index (χ4n) is 1.27. The standard InChI is InChI=1S/C10H12F2N2O3/c1-3-17-10(16)7-6(4-5-14(7)2)13-9(15)8(11)12/h4-5,8H,3H2,1-2H3,(H,13,15). The first-order valence-electron chi connectivity index (χ1n) is 4.88. The van der Waals surface area contributed by atoms with E-state index in [0.717, 1.165) is 0 Å². The largest absolute Gasteiger partial charge is 0.461 e. The molecule has 0 bridgehead atoms. The lowest BCUT2D eigenvalue weighted by Gasteiger charge is -2.07. The van der Waals surface area contributed by atoms with Crippen LogP contribution in [-0.2, 0) is 16.6 Å². The summed E-state index contributed by atoms with van der Waals surface area (Å²) < 4.78 is 30.3. The number of anilines is 1. The fraction of sp³-hybridized carbons (Fsp3) is 0.400. The second-order valence-electron chi connectivity index (χ2n) is 3.20. The highest BCUT2D eigenvalue weighted by Crippen LogP contribution is 2.18. The summed E-state index contributed by atoms with van der Waals surface area (Å²) in [5, 5.41) is 1.96. The van der Waals surface area contributed by atoms with Gasteiger partial charge in [-0.15, -0.1) is 0 Å². The minimum atomic E-state index is -3.13. The molecule has 0 saturated carbocycles. The number of hydrogen-bond acceptors (Lipinski definition) is 3. The quantitative estimate of drug-likeness (QED) is 0.817. The number of ether oxygens (including phenoxy) is 1. The molecule has 0 radical (unpaired) electrons. The number of hydrogen-bond donors (Lipinski definition) is 1. The van der Waals surface area contributed by atoms with Crippen molar-refractivity contribution in [2.24, 2.45) is 7.05 Å². The number of esters is 1. The van der Waals surface area contributed by atoms with Crippen LogP contribution in [-0.4, -0.2) is 29.5 Å². The van der Waals surface area contributed by atoms with Gasteiger partial charge in [-0.3, -0.25) is 4.79 Å². The molecule has 0 aliphatic rings. The Kier molecular flexibility index (Phi) is 4.19. The molecular formula is C10H12F2N2O3. The molecule has 0 aliphatic heterocycles. The molecule has 0 aliphatic carbocycles. The van der Waals surface area contributed by atoms with E-state index < -0.39 is 18.3 Å². The third-order valence-electron chi connectivity index (χ3n) is 2.00. The summed E-state index contributed by atoms with van der Waals surface area (Å²) in [5.41, 5.74) is 0.0390. The average molecular weight is 246 g/mol. The minimum Gasteiger partial charge on any atom is -0.461 e. The van der Waals surface area contributed by atoms with E-state index in [9.17, 15) is 18.4 Å². The predicted molar refractivity (Wildman–Crippen MR) is 56.0 cm³/mol. The van der Waals surface area contributed by atoms with Crippen molar-refractivity contribution in [3.05, 3.63) is 18.0 Å². The van der Waals surface area contributed by atoms with Crippen molar-refractivity contribution in [2.75, 3.05) is 11.9 Å². The maximum atomic E-state index is 12.1. The van der Waals surface area contributed by atoms with E-state index in [1.54, 1.807) is 14.0 Å². The first-order chi connectivity index (χ1) is 7.97. The molecule has 17 heavy (non-hydrogen) atoms. The molecule has 1 aromatic heterocycles. The molecule has 1 rings (SSSR count). The maximum Gasteiger partial charge on any atom is 0.357 e. The van der Waals surface area contributed by atoms with Gasteiger partial charge in [0.25, 0.3) is 5.91 Å². The number of amides is 1. The highest BCUT2D eigenvalue weighted by molar-refractivity contribution is 6.01. The summed E-state index contributed by atoms with van der Waals surface area (Å²) in [6.07, 6.45) is -1.67. The van der Waals surface area contributed by atoms with Crippen LogP contribution >= 0.6 is 0 Å². The highest BCUT2D eigenvalue weighted by atomic mass is 19.3. The predicted octanol–water partition coefficient (Wildman–Crippen LogP) is 1.41. The molecule has 7 heteroatoms. The van der Waals surface area contributed by atoms with Crippen molar-refractivity contribution in [3.63, 3.8) is 0 Å². The van der Waals surface area contributed by atoms with Gasteiger partial charge in [0.1, 0.15) is 0 Å². The van der Waals surface area contributed by atoms with Crippen LogP contribution < -0.4 is 5.32 Å². The molecule has 0 spiro atoms. The van der Waals surface area contributed by atoms with E-state index in [-0.39, 0.29) is 18.0 Å². The van der Waals surface area contributed by atoms with E-state index in [4.69, 9.17) is 4.74 Å². The maximum absolute atomic E-state index is 12.1. The van der Waals surface area contributed by atoms with Gasteiger partial charge in [-0.1, -0.05) is 0 Å². The van der Waals surface area contributed by atoms with Crippen molar-refractivity contribution >= 4 is 17.6 Å². The Labute approximate surface area is 96.4 Å². The molecule has 1 amide bonds. The smallest absolute Gasteiger partial charge is 0.357 e. The van der Waals surface area contributed by atoms with Crippen molar-refractivity contribution < 1.29 is 23.1 Å². The number of nitrogens with one attached hydrogen (secondary N) is 1. The number of halogens is 2. The number of aryl methyl sites for hydroxylation is 1. The van der Waals surface area contributed by atoms with Crippen LogP contribution in [0, 0.1) is 0 Å². The Balaban J connectivity index is 2.94. The van der Waals surface area contributed by atoms with Crippen molar-refractivity contribution in [2.45, 2.75) is 13.3 Å². The highest BCUT2D eigenvalue weighted by Gasteiger charge is 2.21. The second-order valence-corrected chi connectivity index (χ2v) is 3.20. The minimum absolute atomic E-state index is 0.0104. The SMILES string of the molecule is CCOC(=O)c1c(NC(=O)C(F)F)ccn1C. The molecule has 5 nitrogen and oxygen atoms in total. The fourth-order valence-corrected chi connectivity index (χ4v) is 1.27. The van der Waals surface area contributed by atoms with Crippen molar-refractivity contribution in [1.82, 2.24) is 4.57 Å². The van der Waals surface area contributed by atoms with Gasteiger partial charge < -0.3 is 14.6 Å². The Morgan fingerprint density at radius 1 is 1.53 bits per heavy atom. The molecule has 1 heterocycles. The second kappa shape index (κ2) is 5.42. The first-order valence-corrected chi connectivity index (χ1v) is 4.88. The molecule has 0 saturated heterocycles. The van der Waals surface area contributed by atoms with Crippen LogP contribution in [0.3, 0.4) is 0 Å². The molecule has 1 aromatic rings. The number of carbonyl (C=O) groups is 2. The van der Waals surface area contributed by atoms with Gasteiger partial charge >= 0.3 is 12.4 Å². The molecule has 0 aromatic carbocycles. The Bertz CT molecular complexity index is 429. The Morgan fingerprint density at radius 3 is 2.71 bits per heavy atom. The van der Waals surface area contributed by atoms with Gasteiger partial charge in [0, 0.05) is 13.2 Å². The van der Waals surface area contributed by atoms with Gasteiger partial charge in [0.05, 0.1) is 12.3 Å². The summed E-state index contributed by atoms with van der Waals surface area (Å²) >= 11 is 0. The Hall–Kier alpha value is -1.92. The zero-order chi connectivity index (χ0) is 13.0. The lowest BCUT2D eigenvalue weighted by Crippen LogP contribution is -2.22. The van der Waals surface area contributed by atoms with Crippen molar-refractivity contribution in [3.8, 4) is 0 Å². The zero-order valence-corrected chi connectivity index (χ0v) is 9.37. The third-order valence-corrected chi connectivity index (χ3v) is 2.00. The van der Waals surface area contributed by atoms with Gasteiger partial charge in [0.2, 0.25) is 0 Å². The zero-order valence-electron chi connectivity index (χ0n) is 9.37. The van der Waals surface area contributed by atoms with E-state index in [2.05, 4.69) is 0 Å². The molecule has 0 unspecified atom stereocenters. The van der Waals surface area contributed by atoms with E-state index >= 15 is 0 Å². The third kappa shape index (κ3) is 3.02. The van der Waals surface area contributed by atoms with E-state index in [1.807, 2.05) is 5.32 Å². The van der Waals surface area contributed by atoms with Crippen molar-refractivity contribution in [1.29, 1.82) is 0 Å². The molecule has 0 fully saturated rings. The van der Waals surface area contributed by atoms with Gasteiger partial charge in [-0.2, -0.15) is 8.78 Å². The topological polar surface area (TPSA) is 60.3 Å². The number of alkyl halides is 2. The average Bonchev–Trinajstić information content (AvgIpc) is 2.60. The number of nitrogens with zero attached hydrogens (tertiary/aromatic N) is 1. The van der Waals surface area contributed by atoms with E-state index in [1.165, 1.54) is 16.8 Å². The molecular weight excluding hydrogens is 234 g/mol. The summed E-state index contributed by atoms with van der Waals surface area (Å²) in [6.45, 7) is 1.78.